The molecule has 0 amide bonds. The fourth-order valence-electron chi connectivity index (χ4n) is 1.85. The molecule has 0 fully saturated rings. The van der Waals surface area contributed by atoms with E-state index in [-0.39, 0.29) is 5.56 Å². The summed E-state index contributed by atoms with van der Waals surface area (Å²) in [6.45, 7) is 0.552. The van der Waals surface area contributed by atoms with Gasteiger partial charge in [-0.25, -0.2) is 4.79 Å². The molecule has 0 heterocycles. The van der Waals surface area contributed by atoms with Crippen LogP contribution in [0.5, 0.6) is 5.75 Å². The number of ether oxygens (including phenoxy) is 1. The number of rotatable bonds is 6. The van der Waals surface area contributed by atoms with Crippen LogP contribution in [0.25, 0.3) is 0 Å². The Morgan fingerprint density at radius 3 is 2.60 bits per heavy atom. The molecule has 0 saturated heterocycles. The van der Waals surface area contributed by atoms with Crippen molar-refractivity contribution in [2.24, 2.45) is 0 Å². The molecule has 0 aliphatic carbocycles. The van der Waals surface area contributed by atoms with E-state index in [1.54, 1.807) is 12.1 Å². The molecule has 4 heteroatoms. The highest BCUT2D eigenvalue weighted by Crippen LogP contribution is 2.26. The quantitative estimate of drug-likeness (QED) is 0.807. The van der Waals surface area contributed by atoms with Crippen LogP contribution in [0.1, 0.15) is 22.3 Å². The van der Waals surface area contributed by atoms with Crippen molar-refractivity contribution in [3.05, 3.63) is 64.1 Å². The van der Waals surface area contributed by atoms with E-state index in [9.17, 15) is 4.79 Å². The third-order valence-electron chi connectivity index (χ3n) is 2.89. The monoisotopic (exact) mass is 334 g/mol. The molecular formula is C16H15BrO3. The Kier molecular flexibility index (Phi) is 5.18. The molecule has 0 atom stereocenters. The summed E-state index contributed by atoms with van der Waals surface area (Å²) in [6.07, 6.45) is 1.82. The number of carbonyl (C=O) groups is 1. The fourth-order valence-corrected chi connectivity index (χ4v) is 2.21. The van der Waals surface area contributed by atoms with Crippen molar-refractivity contribution in [3.63, 3.8) is 0 Å². The molecule has 3 nitrogen and oxygen atoms in total. The number of aryl methyl sites for hydroxylation is 1. The molecule has 2 rings (SSSR count). The molecule has 0 aliphatic rings. The Morgan fingerprint density at radius 1 is 1.15 bits per heavy atom. The number of halogens is 1. The van der Waals surface area contributed by atoms with Crippen LogP contribution in [0.3, 0.4) is 0 Å². The van der Waals surface area contributed by atoms with Gasteiger partial charge < -0.3 is 9.84 Å². The minimum Gasteiger partial charge on any atom is -0.492 e. The second-order valence-corrected chi connectivity index (χ2v) is 5.24. The summed E-state index contributed by atoms with van der Waals surface area (Å²) in [5.41, 5.74) is 1.50. The van der Waals surface area contributed by atoms with Gasteiger partial charge in [0.2, 0.25) is 0 Å². The van der Waals surface area contributed by atoms with Crippen molar-refractivity contribution >= 4 is 21.9 Å². The minimum absolute atomic E-state index is 0.228. The van der Waals surface area contributed by atoms with Gasteiger partial charge in [-0.1, -0.05) is 30.3 Å². The number of hydrogen-bond acceptors (Lipinski definition) is 2. The van der Waals surface area contributed by atoms with E-state index < -0.39 is 5.97 Å². The number of benzene rings is 2. The summed E-state index contributed by atoms with van der Waals surface area (Å²) in [7, 11) is 0. The van der Waals surface area contributed by atoms with E-state index >= 15 is 0 Å². The second-order valence-electron chi connectivity index (χ2n) is 4.39. The lowest BCUT2D eigenvalue weighted by Gasteiger charge is -2.09. The van der Waals surface area contributed by atoms with Gasteiger partial charge >= 0.3 is 5.97 Å². The predicted octanol–water partition coefficient (Wildman–Crippen LogP) is 4.16. The van der Waals surface area contributed by atoms with E-state index in [0.29, 0.717) is 12.4 Å². The molecule has 0 bridgehead atoms. The topological polar surface area (TPSA) is 46.5 Å². The molecule has 104 valence electrons. The normalized spacial score (nSPS) is 10.2. The summed E-state index contributed by atoms with van der Waals surface area (Å²) < 4.78 is 6.41. The lowest BCUT2D eigenvalue weighted by Crippen LogP contribution is -2.02. The van der Waals surface area contributed by atoms with Crippen LogP contribution in [-0.4, -0.2) is 17.7 Å². The number of hydrogen-bond donors (Lipinski definition) is 1. The van der Waals surface area contributed by atoms with Gasteiger partial charge in [0.05, 0.1) is 16.6 Å². The van der Waals surface area contributed by atoms with Crippen LogP contribution in [0, 0.1) is 0 Å². The summed E-state index contributed by atoms with van der Waals surface area (Å²) >= 11 is 3.36. The van der Waals surface area contributed by atoms with Gasteiger partial charge in [-0.05, 0) is 52.5 Å². The molecule has 2 aromatic carbocycles. The molecule has 0 spiro atoms. The van der Waals surface area contributed by atoms with Crippen LogP contribution in [0.4, 0.5) is 0 Å². The molecule has 0 unspecified atom stereocenters. The summed E-state index contributed by atoms with van der Waals surface area (Å²) in [4.78, 5) is 10.9. The van der Waals surface area contributed by atoms with Crippen molar-refractivity contribution in [2.75, 3.05) is 6.61 Å². The van der Waals surface area contributed by atoms with Gasteiger partial charge in [0.1, 0.15) is 5.75 Å². The van der Waals surface area contributed by atoms with Gasteiger partial charge in [0.25, 0.3) is 0 Å². The first kappa shape index (κ1) is 14.6. The van der Waals surface area contributed by atoms with Gasteiger partial charge in [0.15, 0.2) is 0 Å². The Bertz CT molecular complexity index is 582. The maximum Gasteiger partial charge on any atom is 0.335 e. The number of carboxylic acids is 1. The van der Waals surface area contributed by atoms with Crippen LogP contribution >= 0.6 is 15.9 Å². The minimum atomic E-state index is -0.952. The van der Waals surface area contributed by atoms with Gasteiger partial charge in [-0.2, -0.15) is 0 Å². The third kappa shape index (κ3) is 4.10. The SMILES string of the molecule is O=C(O)c1ccc(Br)c(OCCCc2ccccc2)c1. The summed E-state index contributed by atoms with van der Waals surface area (Å²) in [6, 6.07) is 15.0. The standard InChI is InChI=1S/C16H15BrO3/c17-14-9-8-13(16(18)19)11-15(14)20-10-4-7-12-5-2-1-3-6-12/h1-3,5-6,8-9,11H,4,7,10H2,(H,18,19). The van der Waals surface area contributed by atoms with Crippen LogP contribution in [-0.2, 0) is 6.42 Å². The van der Waals surface area contributed by atoms with Crippen molar-refractivity contribution in [1.82, 2.24) is 0 Å². The van der Waals surface area contributed by atoms with Crippen LogP contribution < -0.4 is 4.74 Å². The molecule has 0 aromatic heterocycles. The third-order valence-corrected chi connectivity index (χ3v) is 3.54. The highest BCUT2D eigenvalue weighted by atomic mass is 79.9. The average Bonchev–Trinajstić information content (AvgIpc) is 2.46. The Morgan fingerprint density at radius 2 is 1.90 bits per heavy atom. The van der Waals surface area contributed by atoms with Crippen molar-refractivity contribution < 1.29 is 14.6 Å². The van der Waals surface area contributed by atoms with Crippen molar-refractivity contribution in [2.45, 2.75) is 12.8 Å². The zero-order chi connectivity index (χ0) is 14.4. The maximum absolute atomic E-state index is 10.9. The maximum atomic E-state index is 10.9. The largest absolute Gasteiger partial charge is 0.492 e. The first-order valence-corrected chi connectivity index (χ1v) is 7.15. The molecular weight excluding hydrogens is 320 g/mol. The number of aromatic carboxylic acids is 1. The summed E-state index contributed by atoms with van der Waals surface area (Å²) in [5.74, 6) is -0.385. The van der Waals surface area contributed by atoms with Gasteiger partial charge in [0, 0.05) is 0 Å². The summed E-state index contributed by atoms with van der Waals surface area (Å²) in [5, 5.41) is 8.95. The Labute approximate surface area is 126 Å². The fraction of sp³-hybridized carbons (Fsp3) is 0.188. The van der Waals surface area contributed by atoms with Gasteiger partial charge in [-0.3, -0.25) is 0 Å². The van der Waals surface area contributed by atoms with E-state index in [2.05, 4.69) is 28.1 Å². The van der Waals surface area contributed by atoms with Crippen LogP contribution in [0.15, 0.2) is 53.0 Å². The predicted molar refractivity (Wildman–Crippen MR) is 81.4 cm³/mol. The van der Waals surface area contributed by atoms with Crippen molar-refractivity contribution in [3.8, 4) is 5.75 Å². The highest BCUT2D eigenvalue weighted by molar-refractivity contribution is 9.10. The highest BCUT2D eigenvalue weighted by Gasteiger charge is 2.07. The molecule has 2 aromatic rings. The first-order chi connectivity index (χ1) is 9.66. The zero-order valence-corrected chi connectivity index (χ0v) is 12.5. The zero-order valence-electron chi connectivity index (χ0n) is 10.9. The molecule has 0 aliphatic heterocycles. The molecule has 0 saturated carbocycles. The van der Waals surface area contributed by atoms with E-state index in [1.807, 2.05) is 18.2 Å². The lowest BCUT2D eigenvalue weighted by molar-refractivity contribution is 0.0696. The van der Waals surface area contributed by atoms with E-state index in [1.165, 1.54) is 11.6 Å². The number of carboxylic acid groups (broad SMARTS) is 1. The average molecular weight is 335 g/mol. The Hall–Kier alpha value is -1.81. The molecule has 1 N–H and O–H groups in total. The smallest absolute Gasteiger partial charge is 0.335 e. The molecule has 0 radical (unpaired) electrons. The lowest BCUT2D eigenvalue weighted by atomic mass is 10.1. The molecule has 20 heavy (non-hydrogen) atoms. The van der Waals surface area contributed by atoms with E-state index in [0.717, 1.165) is 17.3 Å². The van der Waals surface area contributed by atoms with E-state index in [4.69, 9.17) is 9.84 Å². The van der Waals surface area contributed by atoms with Crippen molar-refractivity contribution in [1.29, 1.82) is 0 Å². The van der Waals surface area contributed by atoms with Gasteiger partial charge in [-0.15, -0.1) is 0 Å². The van der Waals surface area contributed by atoms with Crippen LogP contribution in [0.2, 0.25) is 0 Å². The Balaban J connectivity index is 1.88. The first-order valence-electron chi connectivity index (χ1n) is 6.36. The second kappa shape index (κ2) is 7.10.